The highest BCUT2D eigenvalue weighted by Crippen LogP contribution is 2.26. The standard InChI is InChI=1S/C20H26N8O3/c29-17-8-7-15(13-16(17)28(30)31)14-21-25-18-22-19(26-9-3-1-4-10-26)24-20(23-18)27-11-5-2-6-12-27/h7-8,13-14,29H,1-6,9-12H2,(H,22,23,24,25). The minimum atomic E-state index is -0.637. The Kier molecular flexibility index (Phi) is 6.39. The third-order valence-electron chi connectivity index (χ3n) is 5.46. The van der Waals surface area contributed by atoms with Gasteiger partial charge in [-0.3, -0.25) is 10.1 Å². The first-order valence-electron chi connectivity index (χ1n) is 10.6. The predicted octanol–water partition coefficient (Wildman–Crippen LogP) is 2.91. The molecule has 0 amide bonds. The van der Waals surface area contributed by atoms with Gasteiger partial charge in [-0.2, -0.15) is 20.1 Å². The molecular weight excluding hydrogens is 400 g/mol. The van der Waals surface area contributed by atoms with Gasteiger partial charge in [-0.15, -0.1) is 0 Å². The second-order valence-corrected chi connectivity index (χ2v) is 7.73. The van der Waals surface area contributed by atoms with Crippen molar-refractivity contribution < 1.29 is 10.0 Å². The van der Waals surface area contributed by atoms with Crippen molar-refractivity contribution in [2.75, 3.05) is 41.4 Å². The largest absolute Gasteiger partial charge is 0.502 e. The number of benzene rings is 1. The zero-order valence-electron chi connectivity index (χ0n) is 17.3. The number of hydrogen-bond acceptors (Lipinski definition) is 10. The topological polar surface area (TPSA) is 133 Å². The number of nitro benzene ring substituents is 1. The number of hydrogen-bond donors (Lipinski definition) is 2. The van der Waals surface area contributed by atoms with E-state index >= 15 is 0 Å². The van der Waals surface area contributed by atoms with E-state index in [1.807, 2.05) is 0 Å². The number of phenols is 1. The second-order valence-electron chi connectivity index (χ2n) is 7.73. The lowest BCUT2D eigenvalue weighted by Gasteiger charge is -2.30. The van der Waals surface area contributed by atoms with Crippen molar-refractivity contribution in [2.24, 2.45) is 5.10 Å². The van der Waals surface area contributed by atoms with Crippen LogP contribution in [0.4, 0.5) is 23.5 Å². The fourth-order valence-corrected chi connectivity index (χ4v) is 3.81. The molecule has 0 spiro atoms. The van der Waals surface area contributed by atoms with Crippen LogP contribution < -0.4 is 15.2 Å². The zero-order valence-corrected chi connectivity index (χ0v) is 17.3. The van der Waals surface area contributed by atoms with Gasteiger partial charge in [0.05, 0.1) is 11.1 Å². The van der Waals surface area contributed by atoms with Gasteiger partial charge in [0.15, 0.2) is 5.75 Å². The van der Waals surface area contributed by atoms with Gasteiger partial charge in [0.1, 0.15) is 0 Å². The summed E-state index contributed by atoms with van der Waals surface area (Å²) in [5.41, 5.74) is 2.94. The van der Waals surface area contributed by atoms with E-state index < -0.39 is 4.92 Å². The Morgan fingerprint density at radius 2 is 1.55 bits per heavy atom. The summed E-state index contributed by atoms with van der Waals surface area (Å²) in [5.74, 6) is 1.24. The van der Waals surface area contributed by atoms with Gasteiger partial charge >= 0.3 is 5.69 Å². The van der Waals surface area contributed by atoms with Gasteiger partial charge in [0, 0.05) is 37.8 Å². The number of hydrazone groups is 1. The van der Waals surface area contributed by atoms with Crippen molar-refractivity contribution in [3.05, 3.63) is 33.9 Å². The minimum Gasteiger partial charge on any atom is -0.502 e. The first kappa shape index (κ1) is 20.8. The maximum Gasteiger partial charge on any atom is 0.311 e. The molecule has 2 N–H and O–H groups in total. The van der Waals surface area contributed by atoms with Crippen LogP contribution in [0.25, 0.3) is 0 Å². The molecular formula is C20H26N8O3. The lowest BCUT2D eigenvalue weighted by molar-refractivity contribution is -0.385. The molecule has 0 aliphatic carbocycles. The van der Waals surface area contributed by atoms with Crippen molar-refractivity contribution in [3.63, 3.8) is 0 Å². The summed E-state index contributed by atoms with van der Waals surface area (Å²) in [5, 5.41) is 24.7. The molecule has 2 fully saturated rings. The molecule has 0 bridgehead atoms. The van der Waals surface area contributed by atoms with Gasteiger partial charge in [-0.25, -0.2) is 5.43 Å². The summed E-state index contributed by atoms with van der Waals surface area (Å²) in [6.45, 7) is 3.68. The average molecular weight is 426 g/mol. The van der Waals surface area contributed by atoms with E-state index in [4.69, 9.17) is 4.98 Å². The van der Waals surface area contributed by atoms with Crippen molar-refractivity contribution in [3.8, 4) is 5.75 Å². The molecule has 2 aliphatic rings. The quantitative estimate of drug-likeness (QED) is 0.406. The Morgan fingerprint density at radius 3 is 2.10 bits per heavy atom. The van der Waals surface area contributed by atoms with Crippen LogP contribution in [-0.4, -0.2) is 57.4 Å². The summed E-state index contributed by atoms with van der Waals surface area (Å²) >= 11 is 0. The number of aromatic hydroxyl groups is 1. The van der Waals surface area contributed by atoms with Crippen LogP contribution in [0.1, 0.15) is 44.1 Å². The number of piperidine rings is 2. The van der Waals surface area contributed by atoms with Gasteiger partial charge in [-0.05, 0) is 50.7 Å². The second kappa shape index (κ2) is 9.54. The highest BCUT2D eigenvalue weighted by Gasteiger charge is 2.20. The smallest absolute Gasteiger partial charge is 0.311 e. The lowest BCUT2D eigenvalue weighted by Crippen LogP contribution is -2.34. The Balaban J connectivity index is 1.55. The van der Waals surface area contributed by atoms with Crippen molar-refractivity contribution in [1.29, 1.82) is 0 Å². The molecule has 0 atom stereocenters. The van der Waals surface area contributed by atoms with Crippen LogP contribution in [0.3, 0.4) is 0 Å². The van der Waals surface area contributed by atoms with Crippen LogP contribution in [0.5, 0.6) is 5.75 Å². The molecule has 2 aliphatic heterocycles. The molecule has 2 saturated heterocycles. The van der Waals surface area contributed by atoms with Gasteiger partial charge in [-0.1, -0.05) is 0 Å². The summed E-state index contributed by atoms with van der Waals surface area (Å²) in [6.07, 6.45) is 8.33. The predicted molar refractivity (Wildman–Crippen MR) is 118 cm³/mol. The number of nitrogens with one attached hydrogen (secondary N) is 1. The van der Waals surface area contributed by atoms with E-state index in [2.05, 4.69) is 30.3 Å². The summed E-state index contributed by atoms with van der Waals surface area (Å²) in [7, 11) is 0. The Hall–Kier alpha value is -3.50. The van der Waals surface area contributed by atoms with E-state index in [-0.39, 0.29) is 11.4 Å². The van der Waals surface area contributed by atoms with Crippen LogP contribution in [0.2, 0.25) is 0 Å². The molecule has 31 heavy (non-hydrogen) atoms. The number of phenolic OH excluding ortho intramolecular Hbond substituents is 1. The molecule has 3 heterocycles. The highest BCUT2D eigenvalue weighted by atomic mass is 16.6. The fraction of sp³-hybridized carbons (Fsp3) is 0.500. The molecule has 0 saturated carbocycles. The van der Waals surface area contributed by atoms with E-state index in [0.29, 0.717) is 23.4 Å². The monoisotopic (exact) mass is 426 g/mol. The normalized spacial score (nSPS) is 17.2. The van der Waals surface area contributed by atoms with E-state index in [1.165, 1.54) is 31.2 Å². The number of rotatable bonds is 6. The number of aromatic nitrogens is 3. The van der Waals surface area contributed by atoms with Crippen LogP contribution in [0.15, 0.2) is 23.3 Å². The third kappa shape index (κ3) is 5.16. The Bertz CT molecular complexity index is 919. The lowest BCUT2D eigenvalue weighted by atomic mass is 10.1. The van der Waals surface area contributed by atoms with Crippen LogP contribution >= 0.6 is 0 Å². The van der Waals surface area contributed by atoms with Crippen molar-refractivity contribution >= 4 is 29.7 Å². The summed E-state index contributed by atoms with van der Waals surface area (Å²) in [6, 6.07) is 4.07. The van der Waals surface area contributed by atoms with Crippen LogP contribution in [0, 0.1) is 10.1 Å². The molecule has 11 heteroatoms. The van der Waals surface area contributed by atoms with Gasteiger partial charge in [0.2, 0.25) is 17.8 Å². The van der Waals surface area contributed by atoms with Crippen molar-refractivity contribution in [1.82, 2.24) is 15.0 Å². The first-order chi connectivity index (χ1) is 15.1. The van der Waals surface area contributed by atoms with Gasteiger partial charge in [0.25, 0.3) is 0 Å². The van der Waals surface area contributed by atoms with Gasteiger partial charge < -0.3 is 14.9 Å². The molecule has 4 rings (SSSR count). The molecule has 11 nitrogen and oxygen atoms in total. The minimum absolute atomic E-state index is 0.334. The SMILES string of the molecule is O=[N+]([O-])c1cc(C=NNc2nc(N3CCCCC3)nc(N3CCCCC3)n2)ccc1O. The van der Waals surface area contributed by atoms with Crippen molar-refractivity contribution in [2.45, 2.75) is 38.5 Å². The number of anilines is 3. The Labute approximate surface area is 180 Å². The maximum absolute atomic E-state index is 11.0. The molecule has 1 aromatic heterocycles. The Morgan fingerprint density at radius 1 is 0.968 bits per heavy atom. The highest BCUT2D eigenvalue weighted by molar-refractivity contribution is 5.81. The average Bonchev–Trinajstić information content (AvgIpc) is 2.81. The summed E-state index contributed by atoms with van der Waals surface area (Å²) < 4.78 is 0. The molecule has 0 unspecified atom stereocenters. The maximum atomic E-state index is 11.0. The van der Waals surface area contributed by atoms with E-state index in [0.717, 1.165) is 51.9 Å². The van der Waals surface area contributed by atoms with E-state index in [1.54, 1.807) is 6.07 Å². The molecule has 2 aromatic rings. The zero-order chi connectivity index (χ0) is 21.6. The molecule has 1 aromatic carbocycles. The van der Waals surface area contributed by atoms with E-state index in [9.17, 15) is 15.2 Å². The molecule has 0 radical (unpaired) electrons. The fourth-order valence-electron chi connectivity index (χ4n) is 3.81. The van der Waals surface area contributed by atoms with Crippen LogP contribution in [-0.2, 0) is 0 Å². The number of nitro groups is 1. The summed E-state index contributed by atoms with van der Waals surface area (Å²) in [4.78, 5) is 28.5. The third-order valence-corrected chi connectivity index (χ3v) is 5.46. The number of nitrogens with zero attached hydrogens (tertiary/aromatic N) is 7. The molecule has 164 valence electrons. The first-order valence-corrected chi connectivity index (χ1v) is 10.6.